The summed E-state index contributed by atoms with van der Waals surface area (Å²) in [5.41, 5.74) is 5.87. The molecule has 2 heterocycles. The topological polar surface area (TPSA) is 19.0 Å². The van der Waals surface area contributed by atoms with Gasteiger partial charge in [-0.05, 0) is 29.5 Å². The summed E-state index contributed by atoms with van der Waals surface area (Å²) in [5, 5.41) is 1.45. The predicted molar refractivity (Wildman–Crippen MR) is 90.1 cm³/mol. The van der Waals surface area contributed by atoms with Crippen LogP contribution in [0, 0.1) is 0 Å². The van der Waals surface area contributed by atoms with Gasteiger partial charge in [-0.2, -0.15) is 0 Å². The Labute approximate surface area is 130 Å². The molecule has 1 N–H and O–H groups in total. The van der Waals surface area contributed by atoms with E-state index in [9.17, 15) is 0 Å². The smallest absolute Gasteiger partial charge is 0.0459 e. The van der Waals surface area contributed by atoms with Crippen LogP contribution in [0.4, 0.5) is 0 Å². The van der Waals surface area contributed by atoms with Gasteiger partial charge in [0.25, 0.3) is 0 Å². The molecule has 1 aliphatic heterocycles. The molecule has 2 aliphatic rings. The van der Waals surface area contributed by atoms with Gasteiger partial charge in [0, 0.05) is 42.1 Å². The SMILES string of the molecule is c1ccc(CN2CC3CC(C2)c2c3[nH]c3ccccc23)cc1. The fourth-order valence-corrected chi connectivity index (χ4v) is 4.53. The first-order valence-electron chi connectivity index (χ1n) is 8.25. The third-order valence-electron chi connectivity index (χ3n) is 5.37. The number of para-hydroxylation sites is 1. The number of nitrogens with zero attached hydrogens (tertiary/aromatic N) is 1. The zero-order valence-electron chi connectivity index (χ0n) is 12.6. The van der Waals surface area contributed by atoms with E-state index in [1.165, 1.54) is 41.7 Å². The first-order chi connectivity index (χ1) is 10.9. The fourth-order valence-electron chi connectivity index (χ4n) is 4.53. The maximum Gasteiger partial charge on any atom is 0.0459 e. The minimum Gasteiger partial charge on any atom is -0.358 e. The lowest BCUT2D eigenvalue weighted by Crippen LogP contribution is -2.34. The van der Waals surface area contributed by atoms with E-state index in [0.717, 1.165) is 6.54 Å². The van der Waals surface area contributed by atoms with E-state index >= 15 is 0 Å². The van der Waals surface area contributed by atoms with Crippen LogP contribution in [0.3, 0.4) is 0 Å². The number of hydrogen-bond acceptors (Lipinski definition) is 1. The van der Waals surface area contributed by atoms with Crippen molar-refractivity contribution in [2.45, 2.75) is 24.8 Å². The summed E-state index contributed by atoms with van der Waals surface area (Å²) in [6, 6.07) is 19.7. The Bertz CT molecular complexity index is 818. The predicted octanol–water partition coefficient (Wildman–Crippen LogP) is 4.25. The lowest BCUT2D eigenvalue weighted by atomic mass is 9.94. The molecule has 22 heavy (non-hydrogen) atoms. The largest absolute Gasteiger partial charge is 0.358 e. The number of aromatic nitrogens is 1. The molecule has 1 fully saturated rings. The highest BCUT2D eigenvalue weighted by atomic mass is 15.1. The highest BCUT2D eigenvalue weighted by Gasteiger charge is 2.39. The summed E-state index contributed by atoms with van der Waals surface area (Å²) >= 11 is 0. The molecular formula is C20H20N2. The van der Waals surface area contributed by atoms with Gasteiger partial charge in [0.05, 0.1) is 0 Å². The molecule has 1 aromatic heterocycles. The number of likely N-dealkylation sites (tertiary alicyclic amines) is 1. The highest BCUT2D eigenvalue weighted by molar-refractivity contribution is 5.86. The van der Waals surface area contributed by atoms with E-state index in [1.54, 1.807) is 5.56 Å². The van der Waals surface area contributed by atoms with E-state index in [1.807, 2.05) is 0 Å². The first kappa shape index (κ1) is 12.5. The van der Waals surface area contributed by atoms with Crippen LogP contribution in [0.1, 0.15) is 35.1 Å². The average molecular weight is 288 g/mol. The van der Waals surface area contributed by atoms with Crippen molar-refractivity contribution < 1.29 is 0 Å². The molecule has 1 aliphatic carbocycles. The van der Waals surface area contributed by atoms with Crippen LogP contribution in [0.15, 0.2) is 54.6 Å². The second kappa shape index (κ2) is 4.72. The van der Waals surface area contributed by atoms with Crippen LogP contribution in [-0.2, 0) is 6.54 Å². The van der Waals surface area contributed by atoms with E-state index in [2.05, 4.69) is 64.5 Å². The van der Waals surface area contributed by atoms with Crippen LogP contribution < -0.4 is 0 Å². The summed E-state index contributed by atoms with van der Waals surface area (Å²) < 4.78 is 0. The number of benzene rings is 2. The van der Waals surface area contributed by atoms with Gasteiger partial charge in [-0.1, -0.05) is 48.5 Å². The molecular weight excluding hydrogens is 268 g/mol. The molecule has 2 nitrogen and oxygen atoms in total. The quantitative estimate of drug-likeness (QED) is 0.746. The number of H-pyrrole nitrogens is 1. The molecule has 0 spiro atoms. The summed E-state index contributed by atoms with van der Waals surface area (Å²) in [7, 11) is 0. The summed E-state index contributed by atoms with van der Waals surface area (Å²) in [5.74, 6) is 1.39. The van der Waals surface area contributed by atoms with E-state index in [0.29, 0.717) is 11.8 Å². The van der Waals surface area contributed by atoms with Crippen LogP contribution in [0.5, 0.6) is 0 Å². The maximum absolute atomic E-state index is 3.71. The van der Waals surface area contributed by atoms with Crippen LogP contribution in [-0.4, -0.2) is 23.0 Å². The Morgan fingerprint density at radius 1 is 0.909 bits per heavy atom. The van der Waals surface area contributed by atoms with Crippen LogP contribution in [0.2, 0.25) is 0 Å². The van der Waals surface area contributed by atoms with Gasteiger partial charge in [0.1, 0.15) is 0 Å². The number of aromatic amines is 1. The molecule has 1 saturated heterocycles. The van der Waals surface area contributed by atoms with Crippen molar-refractivity contribution in [2.75, 3.05) is 13.1 Å². The summed E-state index contributed by atoms with van der Waals surface area (Å²) in [6.07, 6.45) is 1.33. The van der Waals surface area contributed by atoms with Crippen molar-refractivity contribution in [1.82, 2.24) is 9.88 Å². The van der Waals surface area contributed by atoms with Crippen molar-refractivity contribution in [3.05, 3.63) is 71.4 Å². The van der Waals surface area contributed by atoms with Gasteiger partial charge in [0.2, 0.25) is 0 Å². The fraction of sp³-hybridized carbons (Fsp3) is 0.300. The third kappa shape index (κ3) is 1.84. The lowest BCUT2D eigenvalue weighted by molar-refractivity contribution is 0.194. The molecule has 0 saturated carbocycles. The summed E-state index contributed by atoms with van der Waals surface area (Å²) in [6.45, 7) is 3.46. The maximum atomic E-state index is 3.71. The van der Waals surface area contributed by atoms with Gasteiger partial charge >= 0.3 is 0 Å². The second-order valence-corrected chi connectivity index (χ2v) is 6.81. The Morgan fingerprint density at radius 3 is 2.59 bits per heavy atom. The van der Waals surface area contributed by atoms with Crippen molar-refractivity contribution in [1.29, 1.82) is 0 Å². The van der Waals surface area contributed by atoms with Crippen molar-refractivity contribution in [3.8, 4) is 0 Å². The van der Waals surface area contributed by atoms with Gasteiger partial charge in [-0.3, -0.25) is 4.90 Å². The minimum absolute atomic E-state index is 0.685. The number of piperidine rings is 1. The molecule has 0 amide bonds. The third-order valence-corrected chi connectivity index (χ3v) is 5.37. The molecule has 3 aromatic rings. The van der Waals surface area contributed by atoms with Gasteiger partial charge < -0.3 is 4.98 Å². The lowest BCUT2D eigenvalue weighted by Gasteiger charge is -2.32. The number of fused-ring (bicyclic) bond motifs is 7. The number of nitrogens with one attached hydrogen (secondary N) is 1. The van der Waals surface area contributed by atoms with Crippen LogP contribution in [0.25, 0.3) is 10.9 Å². The number of hydrogen-bond donors (Lipinski definition) is 1. The van der Waals surface area contributed by atoms with Crippen molar-refractivity contribution >= 4 is 10.9 Å². The molecule has 110 valence electrons. The monoisotopic (exact) mass is 288 g/mol. The highest BCUT2D eigenvalue weighted by Crippen LogP contribution is 2.48. The Morgan fingerprint density at radius 2 is 1.68 bits per heavy atom. The molecule has 2 unspecified atom stereocenters. The Balaban J connectivity index is 1.47. The molecule has 2 heteroatoms. The molecule has 0 radical (unpaired) electrons. The second-order valence-electron chi connectivity index (χ2n) is 6.81. The van der Waals surface area contributed by atoms with Crippen LogP contribution >= 0.6 is 0 Å². The molecule has 2 aromatic carbocycles. The van der Waals surface area contributed by atoms with E-state index in [-0.39, 0.29) is 0 Å². The first-order valence-corrected chi connectivity index (χ1v) is 8.25. The Kier molecular flexibility index (Phi) is 2.68. The standard InChI is InChI=1S/C20H20N2/c1-2-6-14(7-3-1)11-22-12-15-10-16(13-22)20-19(15)17-8-4-5-9-18(17)21-20/h1-9,15-16,21H,10-13H2. The molecule has 5 rings (SSSR count). The summed E-state index contributed by atoms with van der Waals surface area (Å²) in [4.78, 5) is 6.34. The molecule has 2 atom stereocenters. The number of rotatable bonds is 2. The minimum atomic E-state index is 0.685. The van der Waals surface area contributed by atoms with Crippen molar-refractivity contribution in [3.63, 3.8) is 0 Å². The van der Waals surface area contributed by atoms with Crippen molar-refractivity contribution in [2.24, 2.45) is 0 Å². The normalized spacial score (nSPS) is 23.8. The van der Waals surface area contributed by atoms with E-state index in [4.69, 9.17) is 0 Å². The average Bonchev–Trinajstić information content (AvgIpc) is 3.05. The van der Waals surface area contributed by atoms with Gasteiger partial charge in [-0.15, -0.1) is 0 Å². The van der Waals surface area contributed by atoms with E-state index < -0.39 is 0 Å². The zero-order valence-corrected chi connectivity index (χ0v) is 12.6. The zero-order chi connectivity index (χ0) is 14.5. The molecule has 2 bridgehead atoms. The van der Waals surface area contributed by atoms with Gasteiger partial charge in [0.15, 0.2) is 0 Å². The van der Waals surface area contributed by atoms with Gasteiger partial charge in [-0.25, -0.2) is 0 Å². The Hall–Kier alpha value is -2.06.